The number of nitrogens with zero attached hydrogens (tertiary/aromatic N) is 2. The molecule has 0 unspecified atom stereocenters. The van der Waals surface area contributed by atoms with Gasteiger partial charge in [-0.2, -0.15) is 4.31 Å². The van der Waals surface area contributed by atoms with E-state index >= 15 is 0 Å². The number of halogens is 1. The van der Waals surface area contributed by atoms with Crippen LogP contribution in [0.4, 0.5) is 0 Å². The zero-order valence-electron chi connectivity index (χ0n) is 15.2. The van der Waals surface area contributed by atoms with E-state index in [0.29, 0.717) is 6.42 Å². The van der Waals surface area contributed by atoms with E-state index in [0.717, 1.165) is 14.8 Å². The van der Waals surface area contributed by atoms with Crippen molar-refractivity contribution in [3.05, 3.63) is 59.1 Å². The molecule has 0 atom stereocenters. The minimum Gasteiger partial charge on any atom is -0.495 e. The van der Waals surface area contributed by atoms with Gasteiger partial charge >= 0.3 is 0 Å². The van der Waals surface area contributed by atoms with Gasteiger partial charge in [0.05, 0.1) is 20.2 Å². The molecule has 0 spiro atoms. The number of piperazine rings is 1. The molecule has 0 aromatic heterocycles. The van der Waals surface area contributed by atoms with E-state index < -0.39 is 34.9 Å². The Morgan fingerprint density at radius 1 is 1.04 bits per heavy atom. The lowest BCUT2D eigenvalue weighted by Crippen LogP contribution is -2.55. The Kier molecular flexibility index (Phi) is 6.02. The van der Waals surface area contributed by atoms with Crippen LogP contribution >= 0.6 is 11.6 Å². The van der Waals surface area contributed by atoms with Crippen molar-refractivity contribution in [1.82, 2.24) is 9.21 Å². The van der Waals surface area contributed by atoms with Gasteiger partial charge in [-0.05, 0) is 30.2 Å². The van der Waals surface area contributed by atoms with Crippen molar-refractivity contribution in [2.24, 2.45) is 0 Å². The molecule has 7 nitrogen and oxygen atoms in total. The second-order valence-corrected chi connectivity index (χ2v) is 8.59. The first-order valence-corrected chi connectivity index (χ1v) is 10.4. The lowest BCUT2D eigenvalue weighted by atomic mass is 10.1. The van der Waals surface area contributed by atoms with Crippen molar-refractivity contribution in [1.29, 1.82) is 0 Å². The van der Waals surface area contributed by atoms with Crippen LogP contribution in [0.3, 0.4) is 0 Å². The summed E-state index contributed by atoms with van der Waals surface area (Å²) in [5.41, 5.74) is 0.988. The summed E-state index contributed by atoms with van der Waals surface area (Å²) in [6, 6.07) is 13.6. The van der Waals surface area contributed by atoms with Crippen molar-refractivity contribution < 1.29 is 22.7 Å². The molecular formula is C19H19ClN2O5S. The maximum absolute atomic E-state index is 13.0. The molecule has 1 fully saturated rings. The summed E-state index contributed by atoms with van der Waals surface area (Å²) in [6.07, 6.45) is 0.507. The number of amides is 2. The summed E-state index contributed by atoms with van der Waals surface area (Å²) in [5.74, 6) is -1.02. The van der Waals surface area contributed by atoms with E-state index in [4.69, 9.17) is 16.3 Å². The zero-order valence-corrected chi connectivity index (χ0v) is 16.7. The number of imide groups is 1. The van der Waals surface area contributed by atoms with Crippen molar-refractivity contribution in [2.75, 3.05) is 26.7 Å². The fraction of sp³-hybridized carbons (Fsp3) is 0.263. The summed E-state index contributed by atoms with van der Waals surface area (Å²) in [4.78, 5) is 25.9. The smallest absolute Gasteiger partial charge is 0.247 e. The lowest BCUT2D eigenvalue weighted by molar-refractivity contribution is -0.149. The van der Waals surface area contributed by atoms with Crippen molar-refractivity contribution in [3.63, 3.8) is 0 Å². The molecule has 2 aromatic rings. The molecule has 1 saturated heterocycles. The van der Waals surface area contributed by atoms with Crippen LogP contribution in [0.15, 0.2) is 53.4 Å². The van der Waals surface area contributed by atoms with Crippen LogP contribution in [-0.4, -0.2) is 56.2 Å². The normalized spacial score (nSPS) is 15.7. The highest BCUT2D eigenvalue weighted by Crippen LogP contribution is 2.30. The molecule has 2 aromatic carbocycles. The number of ether oxygens (including phenoxy) is 1. The van der Waals surface area contributed by atoms with Gasteiger partial charge in [0, 0.05) is 11.6 Å². The molecule has 2 amide bonds. The molecule has 3 rings (SSSR count). The monoisotopic (exact) mass is 422 g/mol. The van der Waals surface area contributed by atoms with Crippen LogP contribution in [-0.2, 0) is 26.0 Å². The fourth-order valence-corrected chi connectivity index (χ4v) is 4.72. The number of benzene rings is 2. The Labute approximate surface area is 168 Å². The molecule has 0 radical (unpaired) electrons. The Morgan fingerprint density at radius 3 is 2.29 bits per heavy atom. The molecule has 148 valence electrons. The third-order valence-corrected chi connectivity index (χ3v) is 6.48. The quantitative estimate of drug-likeness (QED) is 0.664. The molecule has 0 N–H and O–H groups in total. The Morgan fingerprint density at radius 2 is 1.68 bits per heavy atom. The minimum absolute atomic E-state index is 0.0933. The Balaban J connectivity index is 1.77. The van der Waals surface area contributed by atoms with Crippen LogP contribution in [0, 0.1) is 0 Å². The van der Waals surface area contributed by atoms with E-state index in [1.165, 1.54) is 25.3 Å². The topological polar surface area (TPSA) is 84.0 Å². The number of methoxy groups -OCH3 is 1. The summed E-state index contributed by atoms with van der Waals surface area (Å²) in [5, 5.41) is 0.207. The van der Waals surface area contributed by atoms with E-state index in [1.807, 2.05) is 30.3 Å². The van der Waals surface area contributed by atoms with Crippen molar-refractivity contribution >= 4 is 33.4 Å². The van der Waals surface area contributed by atoms with Gasteiger partial charge in [-0.3, -0.25) is 14.5 Å². The van der Waals surface area contributed by atoms with E-state index in [2.05, 4.69) is 0 Å². The van der Waals surface area contributed by atoms with E-state index in [1.54, 1.807) is 0 Å². The van der Waals surface area contributed by atoms with E-state index in [-0.39, 0.29) is 22.2 Å². The molecular weight excluding hydrogens is 404 g/mol. The molecule has 0 aliphatic carbocycles. The molecule has 0 bridgehead atoms. The van der Waals surface area contributed by atoms with Crippen LogP contribution in [0.25, 0.3) is 0 Å². The molecule has 1 aliphatic rings. The van der Waals surface area contributed by atoms with Gasteiger partial charge in [-0.1, -0.05) is 41.9 Å². The third-order valence-electron chi connectivity index (χ3n) is 4.44. The average Bonchev–Trinajstić information content (AvgIpc) is 2.68. The number of sulfonamides is 1. The van der Waals surface area contributed by atoms with Crippen molar-refractivity contribution in [3.8, 4) is 5.75 Å². The number of rotatable bonds is 6. The predicted octanol–water partition coefficient (Wildman–Crippen LogP) is 1.95. The average molecular weight is 423 g/mol. The van der Waals surface area contributed by atoms with Gasteiger partial charge in [0.15, 0.2) is 0 Å². The third kappa shape index (κ3) is 4.19. The number of carbonyl (C=O) groups excluding carboxylic acids is 2. The number of hydrogen-bond acceptors (Lipinski definition) is 5. The first-order valence-electron chi connectivity index (χ1n) is 8.53. The second kappa shape index (κ2) is 8.30. The van der Waals surface area contributed by atoms with Crippen LogP contribution in [0.5, 0.6) is 5.75 Å². The predicted molar refractivity (Wildman–Crippen MR) is 104 cm³/mol. The lowest BCUT2D eigenvalue weighted by Gasteiger charge is -2.32. The maximum Gasteiger partial charge on any atom is 0.247 e. The first-order chi connectivity index (χ1) is 13.3. The van der Waals surface area contributed by atoms with Crippen molar-refractivity contribution in [2.45, 2.75) is 11.3 Å². The summed E-state index contributed by atoms with van der Waals surface area (Å²) < 4.78 is 31.9. The number of hydrogen-bond donors (Lipinski definition) is 0. The van der Waals surface area contributed by atoms with Gasteiger partial charge in [-0.25, -0.2) is 8.42 Å². The standard InChI is InChI=1S/C19H19ClN2O5S/c1-27-16-8-7-15(20)11-17(16)28(25,26)21-12-18(23)22(19(24)13-21)10-9-14-5-3-2-4-6-14/h2-8,11H,9-10,12-13H2,1H3. The van der Waals surface area contributed by atoms with Gasteiger partial charge in [0.1, 0.15) is 10.6 Å². The summed E-state index contributed by atoms with van der Waals surface area (Å²) in [7, 11) is -2.79. The SMILES string of the molecule is COc1ccc(Cl)cc1S(=O)(=O)N1CC(=O)N(CCc2ccccc2)C(=O)C1. The molecule has 0 saturated carbocycles. The highest BCUT2D eigenvalue weighted by atomic mass is 35.5. The Hall–Kier alpha value is -2.42. The minimum atomic E-state index is -4.13. The number of carbonyl (C=O) groups is 2. The van der Waals surface area contributed by atoms with Crippen LogP contribution in [0.2, 0.25) is 5.02 Å². The fourth-order valence-electron chi connectivity index (χ4n) is 2.96. The van der Waals surface area contributed by atoms with Gasteiger partial charge in [-0.15, -0.1) is 0 Å². The van der Waals surface area contributed by atoms with Gasteiger partial charge in [0.2, 0.25) is 21.8 Å². The highest BCUT2D eigenvalue weighted by Gasteiger charge is 2.38. The van der Waals surface area contributed by atoms with Crippen LogP contribution < -0.4 is 4.74 Å². The molecule has 9 heteroatoms. The largest absolute Gasteiger partial charge is 0.495 e. The first kappa shape index (κ1) is 20.3. The highest BCUT2D eigenvalue weighted by molar-refractivity contribution is 7.89. The summed E-state index contributed by atoms with van der Waals surface area (Å²) >= 11 is 5.92. The maximum atomic E-state index is 13.0. The van der Waals surface area contributed by atoms with Gasteiger partial charge < -0.3 is 4.74 Å². The molecule has 28 heavy (non-hydrogen) atoms. The zero-order chi connectivity index (χ0) is 20.3. The molecule has 1 heterocycles. The molecule has 1 aliphatic heterocycles. The van der Waals surface area contributed by atoms with Crippen LogP contribution in [0.1, 0.15) is 5.56 Å². The van der Waals surface area contributed by atoms with Gasteiger partial charge in [0.25, 0.3) is 0 Å². The summed E-state index contributed by atoms with van der Waals surface area (Å²) in [6.45, 7) is -0.632. The second-order valence-electron chi connectivity index (χ2n) is 6.24. The van der Waals surface area contributed by atoms with E-state index in [9.17, 15) is 18.0 Å². The Bertz CT molecular complexity index is 977.